The number of hydrogen-bond donors (Lipinski definition) is 1. The van der Waals surface area contributed by atoms with Gasteiger partial charge in [-0.1, -0.05) is 11.6 Å². The lowest BCUT2D eigenvalue weighted by atomic mass is 9.99. The maximum Gasteiger partial charge on any atom is 0.222 e. The van der Waals surface area contributed by atoms with Crippen molar-refractivity contribution in [2.45, 2.75) is 30.9 Å². The van der Waals surface area contributed by atoms with Crippen molar-refractivity contribution in [1.29, 1.82) is 0 Å². The summed E-state index contributed by atoms with van der Waals surface area (Å²) in [6.07, 6.45) is 2.20. The number of nitrogens with two attached hydrogens (primary N) is 1. The maximum atomic E-state index is 12.0. The molecular weight excluding hydrogens is 216 g/mol. The summed E-state index contributed by atoms with van der Waals surface area (Å²) < 4.78 is 27.8. The van der Waals surface area contributed by atoms with Gasteiger partial charge in [-0.3, -0.25) is 0 Å². The Morgan fingerprint density at radius 1 is 1.53 bits per heavy atom. The molecule has 1 aromatic heterocycles. The number of nitrogens with zero attached hydrogens (tertiary/aromatic N) is 1. The van der Waals surface area contributed by atoms with Gasteiger partial charge in [0.25, 0.3) is 0 Å². The van der Waals surface area contributed by atoms with Gasteiger partial charge in [0.2, 0.25) is 5.88 Å². The van der Waals surface area contributed by atoms with Gasteiger partial charge in [0.1, 0.15) is 10.4 Å². The number of rotatable bonds is 1. The summed E-state index contributed by atoms with van der Waals surface area (Å²) >= 11 is 0. The molecule has 0 bridgehead atoms. The minimum Gasteiger partial charge on any atom is -0.368 e. The first-order valence-corrected chi connectivity index (χ1v) is 6.56. The molecule has 0 spiro atoms. The van der Waals surface area contributed by atoms with E-state index in [9.17, 15) is 8.42 Å². The summed E-state index contributed by atoms with van der Waals surface area (Å²) in [5.74, 6) is 0.378. The highest BCUT2D eigenvalue weighted by molar-refractivity contribution is 7.92. The van der Waals surface area contributed by atoms with E-state index in [-0.39, 0.29) is 11.6 Å². The van der Waals surface area contributed by atoms with Crippen LogP contribution in [0.5, 0.6) is 0 Å². The molecule has 0 aliphatic carbocycles. The SMILES string of the molecule is CC1(c2cc(N)on2)CCCCS1(=O)=O. The van der Waals surface area contributed by atoms with Crippen LogP contribution in [0.3, 0.4) is 0 Å². The van der Waals surface area contributed by atoms with Crippen molar-refractivity contribution < 1.29 is 12.9 Å². The minimum absolute atomic E-state index is 0.159. The van der Waals surface area contributed by atoms with E-state index in [4.69, 9.17) is 10.3 Å². The van der Waals surface area contributed by atoms with E-state index < -0.39 is 14.6 Å². The Morgan fingerprint density at radius 3 is 2.80 bits per heavy atom. The molecule has 1 aromatic rings. The van der Waals surface area contributed by atoms with E-state index in [0.717, 1.165) is 12.8 Å². The van der Waals surface area contributed by atoms with Gasteiger partial charge in [-0.2, -0.15) is 0 Å². The molecule has 0 radical (unpaired) electrons. The molecule has 1 aliphatic rings. The van der Waals surface area contributed by atoms with Crippen LogP contribution in [0.15, 0.2) is 10.6 Å². The summed E-state index contributed by atoms with van der Waals surface area (Å²) in [7, 11) is -3.14. The van der Waals surface area contributed by atoms with Gasteiger partial charge in [-0.05, 0) is 19.8 Å². The number of aromatic nitrogens is 1. The Balaban J connectivity index is 2.48. The van der Waals surface area contributed by atoms with Gasteiger partial charge < -0.3 is 10.3 Å². The summed E-state index contributed by atoms with van der Waals surface area (Å²) in [4.78, 5) is 0. The largest absolute Gasteiger partial charge is 0.368 e. The number of nitrogen functional groups attached to an aromatic ring is 1. The summed E-state index contributed by atoms with van der Waals surface area (Å²) in [5, 5.41) is 3.73. The van der Waals surface area contributed by atoms with E-state index in [1.54, 1.807) is 6.92 Å². The fourth-order valence-corrected chi connectivity index (χ4v) is 3.87. The average Bonchev–Trinajstić information content (AvgIpc) is 2.58. The molecule has 1 unspecified atom stereocenters. The van der Waals surface area contributed by atoms with E-state index in [0.29, 0.717) is 12.1 Å². The molecule has 0 aromatic carbocycles. The van der Waals surface area contributed by atoms with Crippen LogP contribution in [-0.2, 0) is 14.6 Å². The van der Waals surface area contributed by atoms with Crippen molar-refractivity contribution in [2.75, 3.05) is 11.5 Å². The van der Waals surface area contributed by atoms with Crippen LogP contribution in [-0.4, -0.2) is 19.3 Å². The van der Waals surface area contributed by atoms with E-state index in [1.165, 1.54) is 6.07 Å². The molecule has 1 atom stereocenters. The second-order valence-corrected chi connectivity index (χ2v) is 6.66. The first-order valence-electron chi connectivity index (χ1n) is 4.91. The van der Waals surface area contributed by atoms with E-state index in [2.05, 4.69) is 5.16 Å². The monoisotopic (exact) mass is 230 g/mol. The van der Waals surface area contributed by atoms with Crippen molar-refractivity contribution in [2.24, 2.45) is 0 Å². The zero-order chi connectivity index (χ0) is 11.1. The number of anilines is 1. The van der Waals surface area contributed by atoms with Gasteiger partial charge in [-0.25, -0.2) is 8.42 Å². The number of sulfone groups is 1. The Hall–Kier alpha value is -1.04. The van der Waals surface area contributed by atoms with Crippen LogP contribution < -0.4 is 5.73 Å². The third-order valence-electron chi connectivity index (χ3n) is 3.07. The van der Waals surface area contributed by atoms with Gasteiger partial charge in [0, 0.05) is 6.07 Å². The standard InChI is InChI=1S/C9H14N2O3S/c1-9(7-6-8(10)14-11-7)4-2-3-5-15(9,12)13/h6H,2-5,10H2,1H3. The molecule has 0 amide bonds. The minimum atomic E-state index is -3.14. The normalized spacial score (nSPS) is 30.2. The second-order valence-electron chi connectivity index (χ2n) is 4.12. The maximum absolute atomic E-state index is 12.0. The van der Waals surface area contributed by atoms with Gasteiger partial charge >= 0.3 is 0 Å². The van der Waals surface area contributed by atoms with Crippen molar-refractivity contribution >= 4 is 15.7 Å². The Bertz CT molecular complexity index is 465. The first kappa shape index (κ1) is 10.5. The van der Waals surface area contributed by atoms with Crippen molar-refractivity contribution in [1.82, 2.24) is 5.16 Å². The zero-order valence-corrected chi connectivity index (χ0v) is 9.38. The zero-order valence-electron chi connectivity index (χ0n) is 8.56. The highest BCUT2D eigenvalue weighted by Gasteiger charge is 2.44. The van der Waals surface area contributed by atoms with Crippen LogP contribution in [0.25, 0.3) is 0 Å². The van der Waals surface area contributed by atoms with Crippen LogP contribution in [0, 0.1) is 0 Å². The molecule has 1 fully saturated rings. The molecule has 2 N–H and O–H groups in total. The van der Waals surface area contributed by atoms with Crippen molar-refractivity contribution in [3.8, 4) is 0 Å². The van der Waals surface area contributed by atoms with Gasteiger partial charge in [-0.15, -0.1) is 0 Å². The third-order valence-corrected chi connectivity index (χ3v) is 5.69. The summed E-state index contributed by atoms with van der Waals surface area (Å²) in [6.45, 7) is 1.69. The molecule has 2 heterocycles. The molecule has 5 nitrogen and oxygen atoms in total. The topological polar surface area (TPSA) is 86.2 Å². The number of hydrogen-bond acceptors (Lipinski definition) is 5. The van der Waals surface area contributed by atoms with Crippen LogP contribution in [0.2, 0.25) is 0 Å². The molecule has 6 heteroatoms. The second kappa shape index (κ2) is 3.23. The van der Waals surface area contributed by atoms with Crippen LogP contribution in [0.1, 0.15) is 31.9 Å². The molecule has 84 valence electrons. The van der Waals surface area contributed by atoms with Crippen molar-refractivity contribution in [3.63, 3.8) is 0 Å². The molecule has 1 saturated heterocycles. The molecule has 2 rings (SSSR count). The molecule has 0 saturated carbocycles. The van der Waals surface area contributed by atoms with Crippen molar-refractivity contribution in [3.05, 3.63) is 11.8 Å². The quantitative estimate of drug-likeness (QED) is 0.779. The fourth-order valence-electron chi connectivity index (χ4n) is 1.96. The lowest BCUT2D eigenvalue weighted by Gasteiger charge is -2.30. The van der Waals surface area contributed by atoms with Crippen LogP contribution >= 0.6 is 0 Å². The molecule has 15 heavy (non-hydrogen) atoms. The van der Waals surface area contributed by atoms with Crippen LogP contribution in [0.4, 0.5) is 5.88 Å². The van der Waals surface area contributed by atoms with E-state index >= 15 is 0 Å². The fraction of sp³-hybridized carbons (Fsp3) is 0.667. The Labute approximate surface area is 88.5 Å². The Kier molecular flexibility index (Phi) is 2.26. The summed E-state index contributed by atoms with van der Waals surface area (Å²) in [5.41, 5.74) is 5.84. The van der Waals surface area contributed by atoms with E-state index in [1.807, 2.05) is 0 Å². The molecular formula is C9H14N2O3S. The third kappa shape index (κ3) is 1.52. The predicted molar refractivity (Wildman–Crippen MR) is 55.9 cm³/mol. The van der Waals surface area contributed by atoms with Gasteiger partial charge in [0.05, 0.1) is 5.75 Å². The first-order chi connectivity index (χ1) is 6.96. The lowest BCUT2D eigenvalue weighted by molar-refractivity contribution is 0.398. The highest BCUT2D eigenvalue weighted by Crippen LogP contribution is 2.39. The van der Waals surface area contributed by atoms with Gasteiger partial charge in [0.15, 0.2) is 9.84 Å². The average molecular weight is 230 g/mol. The predicted octanol–water partition coefficient (Wildman–Crippen LogP) is 1.07. The smallest absolute Gasteiger partial charge is 0.222 e. The molecule has 1 aliphatic heterocycles. The Morgan fingerprint density at radius 2 is 2.27 bits per heavy atom. The highest BCUT2D eigenvalue weighted by atomic mass is 32.2. The lowest BCUT2D eigenvalue weighted by Crippen LogP contribution is -2.38. The summed E-state index contributed by atoms with van der Waals surface area (Å²) in [6, 6.07) is 1.50.